The maximum absolute atomic E-state index is 11.0. The van der Waals surface area contributed by atoms with E-state index < -0.39 is 0 Å². The van der Waals surface area contributed by atoms with Crippen LogP contribution in [0.5, 0.6) is 0 Å². The monoisotopic (exact) mass is 170 g/mol. The van der Waals surface area contributed by atoms with Crippen molar-refractivity contribution in [3.05, 3.63) is 0 Å². The minimum atomic E-state index is 0.165. The first-order valence-corrected chi connectivity index (χ1v) is 4.75. The highest BCUT2D eigenvalue weighted by Crippen LogP contribution is 2.24. The molecule has 3 N–H and O–H groups in total. The Bertz CT molecular complexity index is 159. The van der Waals surface area contributed by atoms with Gasteiger partial charge in [-0.3, -0.25) is 4.79 Å². The summed E-state index contributed by atoms with van der Waals surface area (Å²) < 4.78 is 0. The van der Waals surface area contributed by atoms with E-state index in [1.807, 2.05) is 6.92 Å². The molecule has 3 nitrogen and oxygen atoms in total. The molecule has 0 spiro atoms. The molecule has 0 saturated heterocycles. The highest BCUT2D eigenvalue weighted by molar-refractivity contribution is 5.75. The lowest BCUT2D eigenvalue weighted by atomic mass is 10.1. The number of nitrogens with one attached hydrogen (secondary N) is 1. The van der Waals surface area contributed by atoms with E-state index in [1.165, 1.54) is 6.42 Å². The van der Waals surface area contributed by atoms with Gasteiger partial charge in [0.05, 0.1) is 0 Å². The minimum Gasteiger partial charge on any atom is -0.353 e. The van der Waals surface area contributed by atoms with Crippen molar-refractivity contribution in [3.63, 3.8) is 0 Å². The van der Waals surface area contributed by atoms with Crippen molar-refractivity contribution >= 4 is 5.91 Å². The molecule has 1 rings (SSSR count). The molecule has 12 heavy (non-hydrogen) atoms. The van der Waals surface area contributed by atoms with E-state index >= 15 is 0 Å². The molecule has 70 valence electrons. The van der Waals surface area contributed by atoms with Gasteiger partial charge in [0, 0.05) is 12.5 Å². The SMILES string of the molecule is CCC(=O)N[C@@H]1CC[C@H](CN)C1. The molecule has 1 saturated carbocycles. The molecule has 1 aliphatic rings. The zero-order chi connectivity index (χ0) is 8.97. The first kappa shape index (κ1) is 9.52. The van der Waals surface area contributed by atoms with Gasteiger partial charge < -0.3 is 11.1 Å². The van der Waals surface area contributed by atoms with Crippen LogP contribution in [0.15, 0.2) is 0 Å². The molecule has 2 atom stereocenters. The number of rotatable bonds is 3. The quantitative estimate of drug-likeness (QED) is 0.653. The molecular formula is C9H18N2O. The third-order valence-corrected chi connectivity index (χ3v) is 2.56. The molecule has 0 aliphatic heterocycles. The van der Waals surface area contributed by atoms with Crippen LogP contribution in [-0.2, 0) is 4.79 Å². The Kier molecular flexibility index (Phi) is 3.53. The summed E-state index contributed by atoms with van der Waals surface area (Å²) in [5, 5.41) is 3.00. The minimum absolute atomic E-state index is 0.165. The second-order valence-corrected chi connectivity index (χ2v) is 3.53. The van der Waals surface area contributed by atoms with Crippen LogP contribution in [0.25, 0.3) is 0 Å². The van der Waals surface area contributed by atoms with E-state index in [0.717, 1.165) is 19.4 Å². The molecule has 0 aromatic rings. The Morgan fingerprint density at radius 2 is 2.33 bits per heavy atom. The summed E-state index contributed by atoms with van der Waals surface area (Å²) in [6, 6.07) is 0.394. The van der Waals surface area contributed by atoms with Crippen molar-refractivity contribution < 1.29 is 4.79 Å². The molecule has 0 heterocycles. The van der Waals surface area contributed by atoms with Crippen LogP contribution in [-0.4, -0.2) is 18.5 Å². The van der Waals surface area contributed by atoms with Gasteiger partial charge in [-0.05, 0) is 31.7 Å². The first-order chi connectivity index (χ1) is 5.76. The van der Waals surface area contributed by atoms with Crippen molar-refractivity contribution in [1.29, 1.82) is 0 Å². The number of amides is 1. The highest BCUT2D eigenvalue weighted by Gasteiger charge is 2.23. The van der Waals surface area contributed by atoms with Crippen molar-refractivity contribution in [2.75, 3.05) is 6.54 Å². The van der Waals surface area contributed by atoms with E-state index in [0.29, 0.717) is 18.4 Å². The van der Waals surface area contributed by atoms with Crippen LogP contribution in [0, 0.1) is 5.92 Å². The molecule has 1 aliphatic carbocycles. The van der Waals surface area contributed by atoms with E-state index in [1.54, 1.807) is 0 Å². The lowest BCUT2D eigenvalue weighted by Gasteiger charge is -2.11. The predicted molar refractivity (Wildman–Crippen MR) is 48.6 cm³/mol. The van der Waals surface area contributed by atoms with E-state index in [9.17, 15) is 4.79 Å². The van der Waals surface area contributed by atoms with Gasteiger partial charge in [0.2, 0.25) is 5.91 Å². The summed E-state index contributed by atoms with van der Waals surface area (Å²) in [5.41, 5.74) is 5.55. The number of nitrogens with two attached hydrogens (primary N) is 1. The molecular weight excluding hydrogens is 152 g/mol. The Labute approximate surface area is 73.7 Å². The summed E-state index contributed by atoms with van der Waals surface area (Å²) in [5.74, 6) is 0.796. The summed E-state index contributed by atoms with van der Waals surface area (Å²) in [6.45, 7) is 2.64. The second kappa shape index (κ2) is 4.45. The Morgan fingerprint density at radius 3 is 2.83 bits per heavy atom. The molecule has 0 radical (unpaired) electrons. The smallest absolute Gasteiger partial charge is 0.219 e. The predicted octanol–water partition coefficient (Wildman–Crippen LogP) is 0.640. The zero-order valence-corrected chi connectivity index (χ0v) is 7.68. The fourth-order valence-corrected chi connectivity index (χ4v) is 1.75. The van der Waals surface area contributed by atoms with Crippen LogP contribution in [0.1, 0.15) is 32.6 Å². The third kappa shape index (κ3) is 2.48. The lowest BCUT2D eigenvalue weighted by molar-refractivity contribution is -0.121. The standard InChI is InChI=1S/C9H18N2O/c1-2-9(12)11-8-4-3-7(5-8)6-10/h7-8H,2-6,10H2,1H3,(H,11,12)/t7-,8+/m0/s1. The molecule has 0 bridgehead atoms. The maximum atomic E-state index is 11.0. The molecule has 3 heteroatoms. The van der Waals surface area contributed by atoms with Crippen LogP contribution < -0.4 is 11.1 Å². The summed E-state index contributed by atoms with van der Waals surface area (Å²) in [7, 11) is 0. The fraction of sp³-hybridized carbons (Fsp3) is 0.889. The van der Waals surface area contributed by atoms with Crippen LogP contribution in [0.3, 0.4) is 0 Å². The van der Waals surface area contributed by atoms with Crippen molar-refractivity contribution in [2.45, 2.75) is 38.6 Å². The van der Waals surface area contributed by atoms with Gasteiger partial charge in [-0.25, -0.2) is 0 Å². The number of hydrogen-bond donors (Lipinski definition) is 2. The zero-order valence-electron chi connectivity index (χ0n) is 7.68. The van der Waals surface area contributed by atoms with Crippen molar-refractivity contribution in [2.24, 2.45) is 11.7 Å². The van der Waals surface area contributed by atoms with Gasteiger partial charge in [-0.15, -0.1) is 0 Å². The van der Waals surface area contributed by atoms with Gasteiger partial charge in [0.1, 0.15) is 0 Å². The molecule has 0 aromatic heterocycles. The average Bonchev–Trinajstić information content (AvgIpc) is 2.52. The number of carbonyl (C=O) groups is 1. The Morgan fingerprint density at radius 1 is 1.58 bits per heavy atom. The Hall–Kier alpha value is -0.570. The van der Waals surface area contributed by atoms with Gasteiger partial charge in [-0.1, -0.05) is 6.92 Å². The van der Waals surface area contributed by atoms with Crippen molar-refractivity contribution in [1.82, 2.24) is 5.32 Å². The number of carbonyl (C=O) groups excluding carboxylic acids is 1. The van der Waals surface area contributed by atoms with Gasteiger partial charge >= 0.3 is 0 Å². The van der Waals surface area contributed by atoms with Crippen LogP contribution >= 0.6 is 0 Å². The lowest BCUT2D eigenvalue weighted by Crippen LogP contribution is -2.32. The van der Waals surface area contributed by atoms with E-state index in [2.05, 4.69) is 5.32 Å². The summed E-state index contributed by atoms with van der Waals surface area (Å²) in [4.78, 5) is 11.0. The molecule has 0 aromatic carbocycles. The topological polar surface area (TPSA) is 55.1 Å². The second-order valence-electron chi connectivity index (χ2n) is 3.53. The van der Waals surface area contributed by atoms with E-state index in [-0.39, 0.29) is 5.91 Å². The highest BCUT2D eigenvalue weighted by atomic mass is 16.1. The van der Waals surface area contributed by atoms with E-state index in [4.69, 9.17) is 5.73 Å². The average molecular weight is 170 g/mol. The normalized spacial score (nSPS) is 28.8. The fourth-order valence-electron chi connectivity index (χ4n) is 1.75. The Balaban J connectivity index is 2.23. The van der Waals surface area contributed by atoms with Crippen molar-refractivity contribution in [3.8, 4) is 0 Å². The van der Waals surface area contributed by atoms with Crippen LogP contribution in [0.2, 0.25) is 0 Å². The summed E-state index contributed by atoms with van der Waals surface area (Å²) >= 11 is 0. The molecule has 1 fully saturated rings. The molecule has 1 amide bonds. The van der Waals surface area contributed by atoms with Gasteiger partial charge in [0.15, 0.2) is 0 Å². The van der Waals surface area contributed by atoms with Gasteiger partial charge in [-0.2, -0.15) is 0 Å². The number of hydrogen-bond acceptors (Lipinski definition) is 2. The summed E-state index contributed by atoms with van der Waals surface area (Å²) in [6.07, 6.45) is 3.94. The first-order valence-electron chi connectivity index (χ1n) is 4.75. The van der Waals surface area contributed by atoms with Crippen LogP contribution in [0.4, 0.5) is 0 Å². The van der Waals surface area contributed by atoms with Gasteiger partial charge in [0.25, 0.3) is 0 Å². The largest absolute Gasteiger partial charge is 0.353 e. The maximum Gasteiger partial charge on any atom is 0.219 e. The molecule has 0 unspecified atom stereocenters. The third-order valence-electron chi connectivity index (χ3n) is 2.56.